The molecule has 1 fully saturated rings. The SMILES string of the molecule is C[C@@H](N)[C@H](C1CC1)N1C(=O)c2ccccc2C1=O. The monoisotopic (exact) mass is 244 g/mol. The van der Waals surface area contributed by atoms with Crippen molar-refractivity contribution < 1.29 is 9.59 Å². The summed E-state index contributed by atoms with van der Waals surface area (Å²) >= 11 is 0. The predicted molar refractivity (Wildman–Crippen MR) is 67.1 cm³/mol. The average molecular weight is 244 g/mol. The van der Waals surface area contributed by atoms with Crippen molar-refractivity contribution in [3.63, 3.8) is 0 Å². The van der Waals surface area contributed by atoms with Crippen molar-refractivity contribution in [2.24, 2.45) is 11.7 Å². The van der Waals surface area contributed by atoms with Crippen molar-refractivity contribution >= 4 is 11.8 Å². The van der Waals surface area contributed by atoms with Crippen LogP contribution in [0, 0.1) is 5.92 Å². The Kier molecular flexibility index (Phi) is 2.48. The van der Waals surface area contributed by atoms with Crippen LogP contribution in [0.25, 0.3) is 0 Å². The van der Waals surface area contributed by atoms with Gasteiger partial charge < -0.3 is 5.73 Å². The van der Waals surface area contributed by atoms with Crippen molar-refractivity contribution in [1.29, 1.82) is 0 Å². The van der Waals surface area contributed by atoms with Crippen LogP contribution in [0.2, 0.25) is 0 Å². The number of nitrogens with two attached hydrogens (primary N) is 1. The minimum absolute atomic E-state index is 0.155. The summed E-state index contributed by atoms with van der Waals surface area (Å²) in [6.07, 6.45) is 2.11. The van der Waals surface area contributed by atoms with Gasteiger partial charge in [-0.05, 0) is 37.8 Å². The van der Waals surface area contributed by atoms with Gasteiger partial charge in [0, 0.05) is 6.04 Å². The first-order chi connectivity index (χ1) is 8.61. The van der Waals surface area contributed by atoms with E-state index in [1.165, 1.54) is 4.90 Å². The zero-order valence-corrected chi connectivity index (χ0v) is 10.3. The molecule has 0 saturated heterocycles. The second-order valence-corrected chi connectivity index (χ2v) is 5.21. The quantitative estimate of drug-likeness (QED) is 0.818. The molecule has 3 rings (SSSR count). The minimum atomic E-state index is -0.190. The molecule has 1 aromatic carbocycles. The van der Waals surface area contributed by atoms with E-state index in [-0.39, 0.29) is 23.9 Å². The van der Waals surface area contributed by atoms with Gasteiger partial charge in [0.15, 0.2) is 0 Å². The Bertz CT molecular complexity index is 483. The van der Waals surface area contributed by atoms with Gasteiger partial charge in [0.05, 0.1) is 17.2 Å². The van der Waals surface area contributed by atoms with Crippen LogP contribution in [0.15, 0.2) is 24.3 Å². The Balaban J connectivity index is 2.00. The number of hydrogen-bond donors (Lipinski definition) is 1. The van der Waals surface area contributed by atoms with Gasteiger partial charge in [0.1, 0.15) is 0 Å². The van der Waals surface area contributed by atoms with Gasteiger partial charge in [-0.25, -0.2) is 0 Å². The van der Waals surface area contributed by atoms with E-state index in [4.69, 9.17) is 5.73 Å². The standard InChI is InChI=1S/C14H16N2O2/c1-8(15)12(9-6-7-9)16-13(17)10-4-2-3-5-11(10)14(16)18/h2-5,8-9,12H,6-7,15H2,1H3/t8-,12-/m1/s1. The lowest BCUT2D eigenvalue weighted by Crippen LogP contribution is -2.50. The maximum absolute atomic E-state index is 12.3. The maximum Gasteiger partial charge on any atom is 0.261 e. The molecule has 94 valence electrons. The van der Waals surface area contributed by atoms with E-state index < -0.39 is 0 Å². The van der Waals surface area contributed by atoms with Gasteiger partial charge in [-0.15, -0.1) is 0 Å². The van der Waals surface area contributed by atoms with E-state index in [1.807, 2.05) is 6.92 Å². The van der Waals surface area contributed by atoms with Crippen molar-refractivity contribution in [3.8, 4) is 0 Å². The molecule has 2 atom stereocenters. The summed E-state index contributed by atoms with van der Waals surface area (Å²) in [5.74, 6) is 0.00168. The number of fused-ring (bicyclic) bond motifs is 1. The molecule has 1 aliphatic heterocycles. The van der Waals surface area contributed by atoms with Crippen LogP contribution in [0.1, 0.15) is 40.5 Å². The molecule has 18 heavy (non-hydrogen) atoms. The third-order valence-electron chi connectivity index (χ3n) is 3.77. The van der Waals surface area contributed by atoms with Crippen LogP contribution >= 0.6 is 0 Å². The Labute approximate surface area is 106 Å². The predicted octanol–water partition coefficient (Wildman–Crippen LogP) is 1.41. The number of carbonyl (C=O) groups excluding carboxylic acids is 2. The second-order valence-electron chi connectivity index (χ2n) is 5.21. The van der Waals surface area contributed by atoms with Crippen LogP contribution in [0.4, 0.5) is 0 Å². The van der Waals surface area contributed by atoms with Crippen LogP contribution in [0.5, 0.6) is 0 Å². The van der Waals surface area contributed by atoms with Crippen molar-refractivity contribution in [2.75, 3.05) is 0 Å². The van der Waals surface area contributed by atoms with Gasteiger partial charge >= 0.3 is 0 Å². The molecule has 0 aromatic heterocycles. The molecule has 2 N–H and O–H groups in total. The molecule has 1 aromatic rings. The highest BCUT2D eigenvalue weighted by molar-refractivity contribution is 6.21. The lowest BCUT2D eigenvalue weighted by Gasteiger charge is -2.29. The van der Waals surface area contributed by atoms with Gasteiger partial charge in [-0.3, -0.25) is 14.5 Å². The highest BCUT2D eigenvalue weighted by Crippen LogP contribution is 2.39. The summed E-state index contributed by atoms with van der Waals surface area (Å²) in [6, 6.07) is 6.65. The largest absolute Gasteiger partial charge is 0.326 e. The molecule has 4 heteroatoms. The molecular formula is C14H16N2O2. The first-order valence-corrected chi connectivity index (χ1v) is 6.33. The van der Waals surface area contributed by atoms with Crippen LogP contribution in [-0.2, 0) is 0 Å². The molecule has 4 nitrogen and oxygen atoms in total. The number of amides is 2. The smallest absolute Gasteiger partial charge is 0.261 e. The van der Waals surface area contributed by atoms with Crippen LogP contribution in [-0.4, -0.2) is 28.8 Å². The zero-order chi connectivity index (χ0) is 12.9. The van der Waals surface area contributed by atoms with Crippen molar-refractivity contribution in [1.82, 2.24) is 4.90 Å². The number of rotatable bonds is 3. The normalized spacial score (nSPS) is 22.0. The first kappa shape index (κ1) is 11.4. The third-order valence-corrected chi connectivity index (χ3v) is 3.77. The van der Waals surface area contributed by atoms with Gasteiger partial charge in [-0.1, -0.05) is 12.1 Å². The fourth-order valence-corrected chi connectivity index (χ4v) is 2.79. The number of carbonyl (C=O) groups is 2. The molecule has 1 saturated carbocycles. The molecular weight excluding hydrogens is 228 g/mol. The van der Waals surface area contributed by atoms with Crippen molar-refractivity contribution in [3.05, 3.63) is 35.4 Å². The molecule has 1 aliphatic carbocycles. The van der Waals surface area contributed by atoms with Crippen LogP contribution < -0.4 is 5.73 Å². The summed E-state index contributed by atoms with van der Waals surface area (Å²) in [4.78, 5) is 26.1. The van der Waals surface area contributed by atoms with E-state index in [0.717, 1.165) is 12.8 Å². The molecule has 2 aliphatic rings. The first-order valence-electron chi connectivity index (χ1n) is 6.33. The third kappa shape index (κ3) is 1.56. The minimum Gasteiger partial charge on any atom is -0.326 e. The fourth-order valence-electron chi connectivity index (χ4n) is 2.79. The zero-order valence-electron chi connectivity index (χ0n) is 10.3. The Hall–Kier alpha value is -1.68. The highest BCUT2D eigenvalue weighted by Gasteiger charge is 2.46. The maximum atomic E-state index is 12.3. The lowest BCUT2D eigenvalue weighted by atomic mass is 10.0. The average Bonchev–Trinajstić information content (AvgIpc) is 3.14. The lowest BCUT2D eigenvalue weighted by molar-refractivity contribution is 0.0542. The van der Waals surface area contributed by atoms with E-state index in [0.29, 0.717) is 17.0 Å². The van der Waals surface area contributed by atoms with Gasteiger partial charge in [0.2, 0.25) is 0 Å². The molecule has 1 heterocycles. The molecule has 0 bridgehead atoms. The molecule has 0 unspecified atom stereocenters. The number of benzene rings is 1. The van der Waals surface area contributed by atoms with Gasteiger partial charge in [0.25, 0.3) is 11.8 Å². The summed E-state index contributed by atoms with van der Waals surface area (Å²) < 4.78 is 0. The topological polar surface area (TPSA) is 63.4 Å². The van der Waals surface area contributed by atoms with E-state index >= 15 is 0 Å². The molecule has 2 amide bonds. The summed E-state index contributed by atoms with van der Waals surface area (Å²) in [6.45, 7) is 1.87. The van der Waals surface area contributed by atoms with E-state index in [9.17, 15) is 9.59 Å². The van der Waals surface area contributed by atoms with E-state index in [2.05, 4.69) is 0 Å². The summed E-state index contributed by atoms with van der Waals surface area (Å²) in [7, 11) is 0. The summed E-state index contributed by atoms with van der Waals surface area (Å²) in [5, 5.41) is 0. The Morgan fingerprint density at radius 1 is 1.17 bits per heavy atom. The van der Waals surface area contributed by atoms with Crippen molar-refractivity contribution in [2.45, 2.75) is 31.8 Å². The Morgan fingerprint density at radius 3 is 2.06 bits per heavy atom. The fraction of sp³-hybridized carbons (Fsp3) is 0.429. The van der Waals surface area contributed by atoms with E-state index in [1.54, 1.807) is 24.3 Å². The number of hydrogen-bond acceptors (Lipinski definition) is 3. The number of nitrogens with zero attached hydrogens (tertiary/aromatic N) is 1. The number of imide groups is 1. The van der Waals surface area contributed by atoms with Gasteiger partial charge in [-0.2, -0.15) is 0 Å². The highest BCUT2D eigenvalue weighted by atomic mass is 16.2. The van der Waals surface area contributed by atoms with Crippen LogP contribution in [0.3, 0.4) is 0 Å². The molecule has 0 spiro atoms. The molecule has 0 radical (unpaired) electrons. The Morgan fingerprint density at radius 2 is 1.67 bits per heavy atom. The summed E-state index contributed by atoms with van der Waals surface area (Å²) in [5.41, 5.74) is 6.99. The second kappa shape index (κ2) is 3.92.